The molecule has 0 radical (unpaired) electrons. The van der Waals surface area contributed by atoms with Gasteiger partial charge in [-0.05, 0) is 12.7 Å². The summed E-state index contributed by atoms with van der Waals surface area (Å²) in [6.07, 6.45) is 4.32. The number of carbonyl (C=O) groups excluding carboxylic acids is 1. The quantitative estimate of drug-likeness (QED) is 0.478. The van der Waals surface area contributed by atoms with E-state index in [2.05, 4.69) is 31.2 Å². The van der Waals surface area contributed by atoms with Crippen LogP contribution in [0, 0.1) is 0 Å². The molecule has 0 bridgehead atoms. The molecule has 1 aromatic heterocycles. The summed E-state index contributed by atoms with van der Waals surface area (Å²) in [4.78, 5) is 19.5. The van der Waals surface area contributed by atoms with Gasteiger partial charge in [0, 0.05) is 11.8 Å². The first kappa shape index (κ1) is 9.92. The Morgan fingerprint density at radius 3 is 3.21 bits per heavy atom. The van der Waals surface area contributed by atoms with Gasteiger partial charge in [0.25, 0.3) is 0 Å². The molecule has 2 rings (SSSR count). The lowest BCUT2D eigenvalue weighted by molar-refractivity contribution is -0.115. The molecule has 14 heavy (non-hydrogen) atoms. The maximum Gasteiger partial charge on any atom is 0.239 e. The summed E-state index contributed by atoms with van der Waals surface area (Å²) in [5, 5.41) is 3.41. The molecule has 2 heterocycles. The number of amides is 1. The van der Waals surface area contributed by atoms with Crippen LogP contribution < -0.4 is 5.32 Å². The first-order valence-electron chi connectivity index (χ1n) is 4.05. The number of anilines is 1. The number of alkyl halides is 1. The van der Waals surface area contributed by atoms with Crippen molar-refractivity contribution in [3.63, 3.8) is 0 Å². The summed E-state index contributed by atoms with van der Waals surface area (Å²) in [7, 11) is 0. The largest absolute Gasteiger partial charge is 0.309 e. The van der Waals surface area contributed by atoms with Crippen LogP contribution in [0.2, 0.25) is 0 Å². The number of fused-ring (bicyclic) bond motifs is 1. The van der Waals surface area contributed by atoms with Gasteiger partial charge >= 0.3 is 0 Å². The molecule has 1 N–H and O–H groups in total. The minimum Gasteiger partial charge on any atom is -0.309 e. The van der Waals surface area contributed by atoms with Crippen LogP contribution in [0.15, 0.2) is 11.4 Å². The van der Waals surface area contributed by atoms with Crippen molar-refractivity contribution < 1.29 is 4.79 Å². The van der Waals surface area contributed by atoms with Crippen LogP contribution in [0.3, 0.4) is 0 Å². The van der Waals surface area contributed by atoms with Crippen molar-refractivity contribution >= 4 is 39.4 Å². The van der Waals surface area contributed by atoms with Crippen molar-refractivity contribution in [3.8, 4) is 0 Å². The Morgan fingerprint density at radius 2 is 2.50 bits per heavy atom. The Bertz CT molecular complexity index is 385. The van der Waals surface area contributed by atoms with E-state index in [1.54, 1.807) is 6.20 Å². The number of thioether (sulfide) groups is 1. The topological polar surface area (TPSA) is 54.9 Å². The van der Waals surface area contributed by atoms with Crippen molar-refractivity contribution in [3.05, 3.63) is 11.8 Å². The summed E-state index contributed by atoms with van der Waals surface area (Å²) in [5.74, 6) is 0.605. The minimum absolute atomic E-state index is 0.0387. The zero-order valence-corrected chi connectivity index (χ0v) is 9.85. The molecule has 0 saturated carbocycles. The molecule has 1 atom stereocenters. The second-order valence-corrected chi connectivity index (χ2v) is 4.77. The molecule has 0 fully saturated rings. The van der Waals surface area contributed by atoms with E-state index in [0.717, 1.165) is 5.56 Å². The fourth-order valence-electron chi connectivity index (χ4n) is 1.23. The second-order valence-electron chi connectivity index (χ2n) is 2.89. The summed E-state index contributed by atoms with van der Waals surface area (Å²) in [6.45, 7) is 0. The molecule has 74 valence electrons. The predicted octanol–water partition coefficient (Wildman–Crippen LogP) is 1.46. The second kappa shape index (κ2) is 3.86. The molecule has 0 saturated heterocycles. The zero-order chi connectivity index (χ0) is 10.1. The fourth-order valence-corrected chi connectivity index (χ4v) is 2.03. The van der Waals surface area contributed by atoms with Gasteiger partial charge in [-0.25, -0.2) is 9.97 Å². The van der Waals surface area contributed by atoms with Crippen LogP contribution in [0.4, 0.5) is 5.82 Å². The molecule has 6 heteroatoms. The maximum atomic E-state index is 11.3. The molecule has 1 amide bonds. The molecule has 1 aromatic rings. The molecule has 0 spiro atoms. The van der Waals surface area contributed by atoms with Crippen LogP contribution in [0.1, 0.15) is 5.56 Å². The lowest BCUT2D eigenvalue weighted by atomic mass is 10.1. The number of aromatic nitrogens is 2. The van der Waals surface area contributed by atoms with Crippen LogP contribution in [0.25, 0.3) is 0 Å². The highest BCUT2D eigenvalue weighted by molar-refractivity contribution is 9.10. The molecule has 0 aromatic carbocycles. The van der Waals surface area contributed by atoms with Gasteiger partial charge in [-0.3, -0.25) is 4.79 Å². The fraction of sp³-hybridized carbons (Fsp3) is 0.375. The smallest absolute Gasteiger partial charge is 0.239 e. The van der Waals surface area contributed by atoms with Gasteiger partial charge in [0.15, 0.2) is 5.16 Å². The first-order valence-corrected chi connectivity index (χ1v) is 6.19. The minimum atomic E-state index is -0.168. The Kier molecular flexibility index (Phi) is 2.73. The van der Waals surface area contributed by atoms with Gasteiger partial charge in [-0.1, -0.05) is 27.7 Å². The van der Waals surface area contributed by atoms with E-state index in [4.69, 9.17) is 0 Å². The number of carbonyl (C=O) groups is 1. The summed E-state index contributed by atoms with van der Waals surface area (Å²) in [6, 6.07) is 0. The van der Waals surface area contributed by atoms with Crippen LogP contribution in [-0.4, -0.2) is 27.0 Å². The lowest BCUT2D eigenvalue weighted by Gasteiger charge is -2.19. The van der Waals surface area contributed by atoms with Gasteiger partial charge in [-0.15, -0.1) is 0 Å². The molecule has 1 aliphatic heterocycles. The monoisotopic (exact) mass is 273 g/mol. The van der Waals surface area contributed by atoms with E-state index < -0.39 is 0 Å². The maximum absolute atomic E-state index is 11.3. The van der Waals surface area contributed by atoms with Gasteiger partial charge in [0.05, 0.1) is 4.83 Å². The average Bonchev–Trinajstić information content (AvgIpc) is 2.19. The van der Waals surface area contributed by atoms with E-state index in [1.165, 1.54) is 11.8 Å². The standard InChI is InChI=1S/C8H8BrN3OS/c1-14-8-10-3-4-2-5(9)7(13)11-6(4)12-8/h3,5H,2H2,1H3,(H,10,11,12,13). The van der Waals surface area contributed by atoms with Gasteiger partial charge in [-0.2, -0.15) is 0 Å². The molecule has 0 aliphatic carbocycles. The number of hydrogen-bond acceptors (Lipinski definition) is 4. The van der Waals surface area contributed by atoms with E-state index in [1.807, 2.05) is 6.26 Å². The van der Waals surface area contributed by atoms with E-state index in [-0.39, 0.29) is 10.7 Å². The Hall–Kier alpha value is -0.620. The Morgan fingerprint density at radius 1 is 1.71 bits per heavy atom. The van der Waals surface area contributed by atoms with Crippen LogP contribution in [-0.2, 0) is 11.2 Å². The molecule has 1 unspecified atom stereocenters. The Labute approximate surface area is 94.0 Å². The number of hydrogen-bond donors (Lipinski definition) is 1. The number of halogens is 1. The third kappa shape index (κ3) is 1.76. The third-order valence-electron chi connectivity index (χ3n) is 1.95. The van der Waals surface area contributed by atoms with E-state index in [0.29, 0.717) is 17.4 Å². The van der Waals surface area contributed by atoms with Gasteiger partial charge < -0.3 is 5.32 Å². The van der Waals surface area contributed by atoms with Crippen molar-refractivity contribution in [2.24, 2.45) is 0 Å². The van der Waals surface area contributed by atoms with Crippen LogP contribution >= 0.6 is 27.7 Å². The normalized spacial score (nSPS) is 20.1. The number of nitrogens with zero attached hydrogens (tertiary/aromatic N) is 2. The van der Waals surface area contributed by atoms with Crippen molar-refractivity contribution in [2.45, 2.75) is 16.4 Å². The van der Waals surface area contributed by atoms with E-state index >= 15 is 0 Å². The van der Waals surface area contributed by atoms with Gasteiger partial charge in [0.1, 0.15) is 5.82 Å². The van der Waals surface area contributed by atoms with E-state index in [9.17, 15) is 4.79 Å². The summed E-state index contributed by atoms with van der Waals surface area (Å²) in [5.41, 5.74) is 0.976. The van der Waals surface area contributed by atoms with Gasteiger partial charge in [0.2, 0.25) is 5.91 Å². The van der Waals surface area contributed by atoms with Crippen molar-refractivity contribution in [2.75, 3.05) is 11.6 Å². The molecule has 1 aliphatic rings. The SMILES string of the molecule is CSc1ncc2c(n1)NC(=O)C(Br)C2. The average molecular weight is 274 g/mol. The van der Waals surface area contributed by atoms with Crippen LogP contribution in [0.5, 0.6) is 0 Å². The zero-order valence-electron chi connectivity index (χ0n) is 7.45. The lowest BCUT2D eigenvalue weighted by Crippen LogP contribution is -2.31. The highest BCUT2D eigenvalue weighted by Gasteiger charge is 2.24. The van der Waals surface area contributed by atoms with Crippen molar-refractivity contribution in [1.29, 1.82) is 0 Å². The number of rotatable bonds is 1. The summed E-state index contributed by atoms with van der Waals surface area (Å²) >= 11 is 4.74. The van der Waals surface area contributed by atoms with Crippen molar-refractivity contribution in [1.82, 2.24) is 9.97 Å². The molecule has 4 nitrogen and oxygen atoms in total. The molecular weight excluding hydrogens is 266 g/mol. The first-order chi connectivity index (χ1) is 6.70. The highest BCUT2D eigenvalue weighted by atomic mass is 79.9. The predicted molar refractivity (Wildman–Crippen MR) is 58.9 cm³/mol. The molecular formula is C8H8BrN3OS. The number of nitrogens with one attached hydrogen (secondary N) is 1. The summed E-state index contributed by atoms with van der Waals surface area (Å²) < 4.78 is 0. The Balaban J connectivity index is 2.37. The third-order valence-corrected chi connectivity index (χ3v) is 3.25. The highest BCUT2D eigenvalue weighted by Crippen LogP contribution is 2.24.